The fraction of sp³-hybridized carbons (Fsp3) is 0.522. The summed E-state index contributed by atoms with van der Waals surface area (Å²) in [6, 6.07) is 7.07. The van der Waals surface area contributed by atoms with Crippen LogP contribution in [0, 0.1) is 0 Å². The SMILES string of the molecule is CC1(C)ON(c2cnc(-c3ccc4c(c3)C3CCC4C3)cc2C(F)(F)F)OC1(C)C. The van der Waals surface area contributed by atoms with Gasteiger partial charge in [0.05, 0.1) is 17.5 Å². The molecule has 5 rings (SSSR count). The van der Waals surface area contributed by atoms with E-state index in [0.717, 1.165) is 24.1 Å². The van der Waals surface area contributed by atoms with Gasteiger partial charge in [-0.15, -0.1) is 5.23 Å². The molecule has 0 amide bonds. The minimum atomic E-state index is -4.58. The van der Waals surface area contributed by atoms with E-state index in [1.807, 2.05) is 12.1 Å². The Bertz CT molecular complexity index is 1000. The van der Waals surface area contributed by atoms with Crippen LogP contribution in [0.15, 0.2) is 30.5 Å². The van der Waals surface area contributed by atoms with Crippen LogP contribution in [0.1, 0.15) is 75.5 Å². The van der Waals surface area contributed by atoms with E-state index in [4.69, 9.17) is 9.68 Å². The van der Waals surface area contributed by atoms with E-state index in [9.17, 15) is 13.2 Å². The molecule has 2 heterocycles. The Labute approximate surface area is 173 Å². The van der Waals surface area contributed by atoms with Gasteiger partial charge in [0.2, 0.25) is 0 Å². The van der Waals surface area contributed by atoms with E-state index >= 15 is 0 Å². The van der Waals surface area contributed by atoms with Crippen LogP contribution in [0.25, 0.3) is 11.3 Å². The molecule has 0 spiro atoms. The normalized spacial score (nSPS) is 26.3. The number of fused-ring (bicyclic) bond motifs is 5. The molecular weight excluding hydrogens is 393 g/mol. The van der Waals surface area contributed by atoms with Crippen LogP contribution >= 0.6 is 0 Å². The summed E-state index contributed by atoms with van der Waals surface area (Å²) in [6.07, 6.45) is 0.150. The van der Waals surface area contributed by atoms with Crippen LogP contribution in [0.3, 0.4) is 0 Å². The molecule has 2 fully saturated rings. The summed E-state index contributed by atoms with van der Waals surface area (Å²) < 4.78 is 41.9. The highest BCUT2D eigenvalue weighted by atomic mass is 19.4. The zero-order valence-electron chi connectivity index (χ0n) is 17.5. The van der Waals surface area contributed by atoms with Crippen LogP contribution in [0.2, 0.25) is 0 Å². The van der Waals surface area contributed by atoms with Crippen LogP contribution in [0.4, 0.5) is 18.9 Å². The van der Waals surface area contributed by atoms with E-state index in [0.29, 0.717) is 23.1 Å². The first kappa shape index (κ1) is 19.8. The van der Waals surface area contributed by atoms with Gasteiger partial charge in [-0.25, -0.2) is 9.68 Å². The van der Waals surface area contributed by atoms with Crippen molar-refractivity contribution in [2.75, 3.05) is 5.23 Å². The molecular formula is C23H25F3N2O2. The topological polar surface area (TPSA) is 34.6 Å². The summed E-state index contributed by atoms with van der Waals surface area (Å²) in [4.78, 5) is 15.7. The van der Waals surface area contributed by atoms with E-state index in [1.165, 1.54) is 23.7 Å². The molecule has 2 unspecified atom stereocenters. The van der Waals surface area contributed by atoms with Gasteiger partial charge in [-0.3, -0.25) is 4.98 Å². The number of halogens is 3. The molecule has 3 aliphatic rings. The first-order valence-corrected chi connectivity index (χ1v) is 10.4. The first-order valence-electron chi connectivity index (χ1n) is 10.4. The molecule has 0 radical (unpaired) electrons. The van der Waals surface area contributed by atoms with Crippen molar-refractivity contribution in [3.05, 3.63) is 47.2 Å². The van der Waals surface area contributed by atoms with Crippen molar-refractivity contribution in [2.45, 2.75) is 76.2 Å². The molecule has 1 aromatic carbocycles. The number of nitrogens with zero attached hydrogens (tertiary/aromatic N) is 2. The summed E-state index contributed by atoms with van der Waals surface area (Å²) in [7, 11) is 0. The lowest BCUT2D eigenvalue weighted by Crippen LogP contribution is -2.41. The number of hydrogen-bond donors (Lipinski definition) is 0. The predicted octanol–water partition coefficient (Wildman–Crippen LogP) is 6.37. The predicted molar refractivity (Wildman–Crippen MR) is 107 cm³/mol. The highest BCUT2D eigenvalue weighted by Crippen LogP contribution is 2.53. The quantitative estimate of drug-likeness (QED) is 0.567. The fourth-order valence-electron chi connectivity index (χ4n) is 4.74. The van der Waals surface area contributed by atoms with Gasteiger partial charge in [-0.1, -0.05) is 12.1 Å². The lowest BCUT2D eigenvalue weighted by molar-refractivity contribution is -0.139. The summed E-state index contributed by atoms with van der Waals surface area (Å²) in [6.45, 7) is 7.11. The van der Waals surface area contributed by atoms with Crippen LogP contribution < -0.4 is 5.23 Å². The Morgan fingerprint density at radius 1 is 0.967 bits per heavy atom. The second kappa shape index (κ2) is 6.20. The molecule has 1 aromatic heterocycles. The van der Waals surface area contributed by atoms with Crippen LogP contribution in [0.5, 0.6) is 0 Å². The maximum Gasteiger partial charge on any atom is 0.418 e. The first-order chi connectivity index (χ1) is 14.0. The van der Waals surface area contributed by atoms with Crippen molar-refractivity contribution in [3.8, 4) is 11.3 Å². The van der Waals surface area contributed by atoms with Crippen molar-refractivity contribution >= 4 is 5.69 Å². The van der Waals surface area contributed by atoms with E-state index < -0.39 is 22.9 Å². The zero-order chi connectivity index (χ0) is 21.5. The molecule has 2 aromatic rings. The molecule has 2 bridgehead atoms. The summed E-state index contributed by atoms with van der Waals surface area (Å²) in [5.74, 6) is 1.14. The van der Waals surface area contributed by atoms with Gasteiger partial charge in [-0.05, 0) is 82.1 Å². The number of anilines is 1. The van der Waals surface area contributed by atoms with Gasteiger partial charge >= 0.3 is 6.18 Å². The van der Waals surface area contributed by atoms with Crippen LogP contribution in [-0.4, -0.2) is 16.2 Å². The Morgan fingerprint density at radius 2 is 1.60 bits per heavy atom. The van der Waals surface area contributed by atoms with Gasteiger partial charge in [0.25, 0.3) is 0 Å². The second-order valence-electron chi connectivity index (χ2n) is 9.60. The lowest BCUT2D eigenvalue weighted by atomic mass is 9.90. The molecule has 1 saturated carbocycles. The Hall–Kier alpha value is -2.12. The molecule has 1 aliphatic heterocycles. The number of hydrogen-bond acceptors (Lipinski definition) is 4. The average molecular weight is 418 g/mol. The monoisotopic (exact) mass is 418 g/mol. The van der Waals surface area contributed by atoms with E-state index in [1.54, 1.807) is 27.7 Å². The molecule has 7 heteroatoms. The molecule has 1 saturated heterocycles. The molecule has 160 valence electrons. The number of alkyl halides is 3. The molecule has 0 N–H and O–H groups in total. The molecule has 2 aliphatic carbocycles. The van der Waals surface area contributed by atoms with Crippen LogP contribution in [-0.2, 0) is 15.9 Å². The summed E-state index contributed by atoms with van der Waals surface area (Å²) >= 11 is 0. The number of aromatic nitrogens is 1. The van der Waals surface area contributed by atoms with Gasteiger partial charge < -0.3 is 0 Å². The largest absolute Gasteiger partial charge is 0.418 e. The Balaban J connectivity index is 1.55. The fourth-order valence-corrected chi connectivity index (χ4v) is 4.74. The van der Waals surface area contributed by atoms with Gasteiger partial charge in [0, 0.05) is 5.56 Å². The minimum Gasteiger partial charge on any atom is -0.254 e. The number of benzene rings is 1. The summed E-state index contributed by atoms with van der Waals surface area (Å²) in [5, 5.41) is 0.862. The van der Waals surface area contributed by atoms with Gasteiger partial charge in [0.1, 0.15) is 16.9 Å². The van der Waals surface area contributed by atoms with Crippen molar-refractivity contribution in [2.24, 2.45) is 0 Å². The maximum absolute atomic E-state index is 14.0. The van der Waals surface area contributed by atoms with Crippen molar-refractivity contribution in [3.63, 3.8) is 0 Å². The standard InChI is InChI=1S/C23H25F3N2O2/c1-21(2)22(3,4)30-28(29-21)20-12-27-19(11-18(20)23(24,25)26)15-7-8-16-13-5-6-14(9-13)17(16)10-15/h7-8,10-14H,5-6,9H2,1-4H3. The summed E-state index contributed by atoms with van der Waals surface area (Å²) in [5.41, 5.74) is 0.968. The molecule has 4 nitrogen and oxygen atoms in total. The highest BCUT2D eigenvalue weighted by Gasteiger charge is 2.51. The lowest BCUT2D eigenvalue weighted by Gasteiger charge is -2.26. The van der Waals surface area contributed by atoms with Crippen molar-refractivity contribution in [1.29, 1.82) is 0 Å². The minimum absolute atomic E-state index is 0.245. The molecule has 30 heavy (non-hydrogen) atoms. The number of rotatable bonds is 2. The maximum atomic E-state index is 14.0. The molecule has 2 atom stereocenters. The van der Waals surface area contributed by atoms with Gasteiger partial charge in [-0.2, -0.15) is 13.2 Å². The third-order valence-electron chi connectivity index (χ3n) is 7.15. The zero-order valence-corrected chi connectivity index (χ0v) is 17.5. The average Bonchev–Trinajstić information content (AvgIpc) is 3.33. The van der Waals surface area contributed by atoms with Crippen molar-refractivity contribution in [1.82, 2.24) is 4.98 Å². The second-order valence-corrected chi connectivity index (χ2v) is 9.60. The number of pyridine rings is 1. The van der Waals surface area contributed by atoms with E-state index in [2.05, 4.69) is 11.1 Å². The third kappa shape index (κ3) is 2.94. The smallest absolute Gasteiger partial charge is 0.254 e. The van der Waals surface area contributed by atoms with E-state index in [-0.39, 0.29) is 5.69 Å². The third-order valence-corrected chi connectivity index (χ3v) is 7.15. The van der Waals surface area contributed by atoms with Gasteiger partial charge in [0.15, 0.2) is 0 Å². The van der Waals surface area contributed by atoms with Crippen molar-refractivity contribution < 1.29 is 22.8 Å². The highest BCUT2D eigenvalue weighted by molar-refractivity contribution is 5.67. The Morgan fingerprint density at radius 3 is 2.23 bits per heavy atom. The Kier molecular flexibility index (Phi) is 4.10.